The highest BCUT2D eigenvalue weighted by Gasteiger charge is 2.56. The molecule has 0 spiro atoms. The molecular weight excluding hydrogens is 632 g/mol. The summed E-state index contributed by atoms with van der Waals surface area (Å²) in [5, 5.41) is 1.39. The maximum Gasteiger partial charge on any atom is 0.298 e. The van der Waals surface area contributed by atoms with Crippen molar-refractivity contribution in [3.8, 4) is 16.9 Å². The highest BCUT2D eigenvalue weighted by Crippen LogP contribution is 2.42. The number of piperidine rings is 1. The normalized spacial score (nSPS) is 22.4. The van der Waals surface area contributed by atoms with Crippen molar-refractivity contribution in [3.63, 3.8) is 0 Å². The number of hydrogen-bond donors (Lipinski definition) is 1. The minimum absolute atomic E-state index is 0.126. The lowest BCUT2D eigenvalue weighted by atomic mass is 9.93. The van der Waals surface area contributed by atoms with Gasteiger partial charge in [0.05, 0.1) is 11.0 Å². The van der Waals surface area contributed by atoms with E-state index in [1.807, 2.05) is 36.4 Å². The number of nitrogens with two attached hydrogens (primary N) is 1. The van der Waals surface area contributed by atoms with Crippen LogP contribution in [0.25, 0.3) is 21.9 Å². The summed E-state index contributed by atoms with van der Waals surface area (Å²) < 4.78 is 68.9. The Hall–Kier alpha value is -3.86. The number of fused-ring (bicyclic) bond motifs is 3. The minimum Gasteiger partial charge on any atom is -0.490 e. The number of halogens is 2. The number of carbonyl (C=O) groups is 1. The van der Waals surface area contributed by atoms with Crippen molar-refractivity contribution in [1.29, 1.82) is 0 Å². The summed E-state index contributed by atoms with van der Waals surface area (Å²) in [5.41, 5.74) is 7.39. The Balaban J connectivity index is 1.23. The van der Waals surface area contributed by atoms with Crippen LogP contribution in [0.2, 0.25) is 0 Å². The molecule has 2 aliphatic heterocycles. The van der Waals surface area contributed by atoms with Gasteiger partial charge in [0, 0.05) is 30.7 Å². The molecule has 7 rings (SSSR count). The second kappa shape index (κ2) is 12.9. The summed E-state index contributed by atoms with van der Waals surface area (Å²) in [7, 11) is -3.47. The summed E-state index contributed by atoms with van der Waals surface area (Å²) in [6.07, 6.45) is 6.78. The number of sulfonamides is 1. The molecule has 1 aliphatic carbocycles. The van der Waals surface area contributed by atoms with Gasteiger partial charge < -0.3 is 15.4 Å². The van der Waals surface area contributed by atoms with Crippen molar-refractivity contribution < 1.29 is 26.7 Å². The summed E-state index contributed by atoms with van der Waals surface area (Å²) in [5.74, 6) is -4.04. The van der Waals surface area contributed by atoms with Crippen LogP contribution >= 0.6 is 0 Å². The lowest BCUT2D eigenvalue weighted by Gasteiger charge is -2.42. The molecule has 3 atom stereocenters. The first kappa shape index (κ1) is 32.7. The van der Waals surface area contributed by atoms with Crippen LogP contribution in [0.5, 0.6) is 5.75 Å². The molecule has 2 bridgehead atoms. The summed E-state index contributed by atoms with van der Waals surface area (Å²) in [4.78, 5) is 15.7. The predicted molar refractivity (Wildman–Crippen MR) is 182 cm³/mol. The quantitative estimate of drug-likeness (QED) is 0.205. The van der Waals surface area contributed by atoms with E-state index in [4.69, 9.17) is 10.5 Å². The van der Waals surface area contributed by atoms with Crippen molar-refractivity contribution in [3.05, 3.63) is 96.6 Å². The molecule has 1 amide bonds. The third-order valence-electron chi connectivity index (χ3n) is 10.4. The minimum atomic E-state index is -4.56. The van der Waals surface area contributed by atoms with E-state index in [0.717, 1.165) is 49.2 Å². The van der Waals surface area contributed by atoms with E-state index in [2.05, 4.69) is 0 Å². The first-order valence-electron chi connectivity index (χ1n) is 16.8. The highest BCUT2D eigenvalue weighted by molar-refractivity contribution is 7.89. The first-order valence-corrected chi connectivity index (χ1v) is 18.3. The van der Waals surface area contributed by atoms with Crippen molar-refractivity contribution >= 4 is 26.7 Å². The number of hydrogen-bond acceptors (Lipinski definition) is 5. The zero-order valence-electron chi connectivity index (χ0n) is 27.0. The Bertz CT molecular complexity index is 1880. The standard InChI is InChI=1S/C38H41F2N3O4S/c1-42(48(45,46)35-20-14-27-21-34(19-13-28(27)22-35)47-33-9-5-6-10-33)36(37(44)43-31-17-18-32(43)24-30(41)23-31)38(39,40)29-15-11-26(12-16-29)25-7-3-2-4-8-25/h2-4,7-8,11-16,19-22,30-33,36H,5-6,9-10,17-18,23-24,41H2,1H3. The molecule has 3 unspecified atom stereocenters. The Morgan fingerprint density at radius 2 is 1.46 bits per heavy atom. The second-order valence-electron chi connectivity index (χ2n) is 13.5. The Labute approximate surface area is 280 Å². The number of alkyl halides is 2. The first-order chi connectivity index (χ1) is 23.0. The Morgan fingerprint density at radius 1 is 0.854 bits per heavy atom. The largest absolute Gasteiger partial charge is 0.490 e. The van der Waals surface area contributed by atoms with Gasteiger partial charge in [0.15, 0.2) is 6.04 Å². The van der Waals surface area contributed by atoms with E-state index in [1.165, 1.54) is 29.2 Å². The van der Waals surface area contributed by atoms with Crippen LogP contribution in [0.15, 0.2) is 95.9 Å². The average molecular weight is 674 g/mol. The van der Waals surface area contributed by atoms with Crippen LogP contribution < -0.4 is 10.5 Å². The molecule has 2 N–H and O–H groups in total. The molecule has 3 fully saturated rings. The summed E-state index contributed by atoms with van der Waals surface area (Å²) in [6.45, 7) is 0. The van der Waals surface area contributed by atoms with Crippen LogP contribution in [0.3, 0.4) is 0 Å². The molecule has 10 heteroatoms. The number of ether oxygens (including phenoxy) is 1. The van der Waals surface area contributed by atoms with Crippen molar-refractivity contribution in [2.24, 2.45) is 5.73 Å². The van der Waals surface area contributed by atoms with Gasteiger partial charge in [-0.05, 0) is 97.5 Å². The van der Waals surface area contributed by atoms with Gasteiger partial charge in [0.25, 0.3) is 5.92 Å². The highest BCUT2D eigenvalue weighted by atomic mass is 32.2. The molecule has 252 valence electrons. The Kier molecular flexibility index (Phi) is 8.76. The molecule has 4 aromatic rings. The molecule has 2 saturated heterocycles. The number of benzene rings is 4. The van der Waals surface area contributed by atoms with Crippen LogP contribution in [-0.2, 0) is 20.7 Å². The second-order valence-corrected chi connectivity index (χ2v) is 15.5. The SMILES string of the molecule is CN(C(C(=O)N1C2CCC1CC(N)C2)C(F)(F)c1ccc(-c2ccccc2)cc1)S(=O)(=O)c1ccc2cc(OC3CCCC3)ccc2c1. The molecule has 4 aromatic carbocycles. The number of likely N-dealkylation sites (N-methyl/N-ethyl adjacent to an activating group) is 1. The van der Waals surface area contributed by atoms with Gasteiger partial charge in [-0.2, -0.15) is 13.1 Å². The van der Waals surface area contributed by atoms with E-state index in [0.29, 0.717) is 41.1 Å². The molecule has 1 saturated carbocycles. The number of nitrogens with zero attached hydrogens (tertiary/aromatic N) is 2. The zero-order chi connectivity index (χ0) is 33.6. The zero-order valence-corrected chi connectivity index (χ0v) is 27.8. The molecule has 0 radical (unpaired) electrons. The van der Waals surface area contributed by atoms with Crippen LogP contribution in [0.1, 0.15) is 56.9 Å². The van der Waals surface area contributed by atoms with Gasteiger partial charge >= 0.3 is 0 Å². The van der Waals surface area contributed by atoms with Crippen LogP contribution in [-0.4, -0.2) is 60.8 Å². The third kappa shape index (κ3) is 6.10. The maximum absolute atomic E-state index is 16.9. The van der Waals surface area contributed by atoms with Gasteiger partial charge in [0.2, 0.25) is 15.9 Å². The maximum atomic E-state index is 16.9. The number of rotatable bonds is 9. The van der Waals surface area contributed by atoms with Gasteiger partial charge in [-0.15, -0.1) is 0 Å². The smallest absolute Gasteiger partial charge is 0.298 e. The van der Waals surface area contributed by atoms with Gasteiger partial charge in [0.1, 0.15) is 5.75 Å². The summed E-state index contributed by atoms with van der Waals surface area (Å²) in [6, 6.07) is 22.0. The number of amides is 1. The van der Waals surface area contributed by atoms with Gasteiger partial charge in [-0.25, -0.2) is 8.42 Å². The third-order valence-corrected chi connectivity index (χ3v) is 12.2. The van der Waals surface area contributed by atoms with Crippen molar-refractivity contribution in [2.45, 2.75) is 92.5 Å². The topological polar surface area (TPSA) is 92.9 Å². The summed E-state index contributed by atoms with van der Waals surface area (Å²) >= 11 is 0. The van der Waals surface area contributed by atoms with Gasteiger partial charge in [-0.1, -0.05) is 66.7 Å². The fourth-order valence-electron chi connectivity index (χ4n) is 7.87. The molecule has 7 nitrogen and oxygen atoms in total. The lowest BCUT2D eigenvalue weighted by Crippen LogP contribution is -2.61. The molecular formula is C38H41F2N3O4S. The van der Waals surface area contributed by atoms with E-state index >= 15 is 8.78 Å². The lowest BCUT2D eigenvalue weighted by molar-refractivity contribution is -0.154. The average Bonchev–Trinajstić information content (AvgIpc) is 3.70. The fraction of sp³-hybridized carbons (Fsp3) is 0.395. The number of carbonyl (C=O) groups excluding carboxylic acids is 1. The van der Waals surface area contributed by atoms with Crippen molar-refractivity contribution in [1.82, 2.24) is 9.21 Å². The van der Waals surface area contributed by atoms with E-state index < -0.39 is 33.5 Å². The van der Waals surface area contributed by atoms with Crippen LogP contribution in [0, 0.1) is 0 Å². The van der Waals surface area contributed by atoms with Crippen LogP contribution in [0.4, 0.5) is 8.78 Å². The molecule has 0 aromatic heterocycles. The predicted octanol–water partition coefficient (Wildman–Crippen LogP) is 7.09. The molecule has 2 heterocycles. The Morgan fingerprint density at radius 3 is 2.12 bits per heavy atom. The van der Waals surface area contributed by atoms with E-state index in [9.17, 15) is 13.2 Å². The fourth-order valence-corrected chi connectivity index (χ4v) is 9.22. The monoisotopic (exact) mass is 673 g/mol. The van der Waals surface area contributed by atoms with E-state index in [-0.39, 0.29) is 29.1 Å². The van der Waals surface area contributed by atoms with Gasteiger partial charge in [-0.3, -0.25) is 4.79 Å². The van der Waals surface area contributed by atoms with E-state index in [1.54, 1.807) is 30.3 Å². The molecule has 3 aliphatic rings. The molecule has 48 heavy (non-hydrogen) atoms. The van der Waals surface area contributed by atoms with Crippen molar-refractivity contribution in [2.75, 3.05) is 7.05 Å².